The molecule has 4 heteroatoms. The summed E-state index contributed by atoms with van der Waals surface area (Å²) in [6, 6.07) is 0. The van der Waals surface area contributed by atoms with Crippen molar-refractivity contribution in [2.45, 2.75) is 25.8 Å². The highest BCUT2D eigenvalue weighted by molar-refractivity contribution is 5.97. The Morgan fingerprint density at radius 2 is 2.35 bits per heavy atom. The fraction of sp³-hybridized carbons (Fsp3) is 0.538. The van der Waals surface area contributed by atoms with Crippen LogP contribution in [0.3, 0.4) is 0 Å². The van der Waals surface area contributed by atoms with Gasteiger partial charge in [-0.25, -0.2) is 4.79 Å². The van der Waals surface area contributed by atoms with Gasteiger partial charge in [-0.1, -0.05) is 19.9 Å². The topological polar surface area (TPSA) is 46.6 Å². The third-order valence-corrected chi connectivity index (χ3v) is 3.22. The number of ketones is 1. The standard InChI is InChI=1S/C13H19NO3/c1-5-7-14-8-6-11(15)9-13(14,10(2)3)12(16)17-4/h5-6,8,10H,1,7,9H2,2-4H3. The second kappa shape index (κ2) is 5.17. The van der Waals surface area contributed by atoms with Crippen LogP contribution in [-0.4, -0.2) is 35.8 Å². The molecule has 0 N–H and O–H groups in total. The van der Waals surface area contributed by atoms with Crippen LogP contribution in [0.25, 0.3) is 0 Å². The number of rotatable bonds is 4. The number of esters is 1. The van der Waals surface area contributed by atoms with E-state index in [0.29, 0.717) is 6.54 Å². The minimum atomic E-state index is -0.908. The molecule has 0 saturated carbocycles. The van der Waals surface area contributed by atoms with E-state index in [1.54, 1.807) is 12.3 Å². The molecule has 0 aromatic carbocycles. The predicted octanol–water partition coefficient (Wildman–Crippen LogP) is 1.53. The van der Waals surface area contributed by atoms with Crippen LogP contribution in [0.15, 0.2) is 24.9 Å². The summed E-state index contributed by atoms with van der Waals surface area (Å²) in [5.74, 6) is -0.444. The fourth-order valence-corrected chi connectivity index (χ4v) is 2.23. The molecule has 1 unspecified atom stereocenters. The van der Waals surface area contributed by atoms with E-state index in [1.165, 1.54) is 13.2 Å². The van der Waals surface area contributed by atoms with Crippen LogP contribution in [0.2, 0.25) is 0 Å². The molecule has 1 rings (SSSR count). The summed E-state index contributed by atoms with van der Waals surface area (Å²) < 4.78 is 4.88. The summed E-state index contributed by atoms with van der Waals surface area (Å²) in [4.78, 5) is 25.5. The molecule has 1 aliphatic heterocycles. The number of carbonyl (C=O) groups excluding carboxylic acids is 2. The van der Waals surface area contributed by atoms with Crippen LogP contribution >= 0.6 is 0 Å². The average Bonchev–Trinajstić information content (AvgIpc) is 2.30. The lowest BCUT2D eigenvalue weighted by atomic mass is 9.78. The normalized spacial score (nSPS) is 24.0. The first-order valence-electron chi connectivity index (χ1n) is 5.66. The van der Waals surface area contributed by atoms with Crippen molar-refractivity contribution in [2.75, 3.05) is 13.7 Å². The monoisotopic (exact) mass is 237 g/mol. The molecule has 1 aliphatic rings. The summed E-state index contributed by atoms with van der Waals surface area (Å²) in [5.41, 5.74) is -0.908. The molecule has 1 atom stereocenters. The molecule has 0 amide bonds. The summed E-state index contributed by atoms with van der Waals surface area (Å²) in [7, 11) is 1.35. The maximum atomic E-state index is 12.1. The molecular formula is C13H19NO3. The van der Waals surface area contributed by atoms with E-state index in [2.05, 4.69) is 6.58 Å². The fourth-order valence-electron chi connectivity index (χ4n) is 2.23. The Labute approximate surface area is 102 Å². The second-order valence-corrected chi connectivity index (χ2v) is 4.47. The van der Waals surface area contributed by atoms with Crippen LogP contribution in [0.4, 0.5) is 0 Å². The minimum absolute atomic E-state index is 0.0243. The number of hydrogen-bond donors (Lipinski definition) is 0. The van der Waals surface area contributed by atoms with E-state index in [1.807, 2.05) is 18.7 Å². The molecule has 94 valence electrons. The van der Waals surface area contributed by atoms with Gasteiger partial charge in [0.2, 0.25) is 0 Å². The smallest absolute Gasteiger partial charge is 0.332 e. The number of hydrogen-bond acceptors (Lipinski definition) is 4. The van der Waals surface area contributed by atoms with Gasteiger partial charge in [-0.3, -0.25) is 4.79 Å². The summed E-state index contributed by atoms with van der Waals surface area (Å²) in [6.45, 7) is 8.01. The van der Waals surface area contributed by atoms with Gasteiger partial charge in [-0.2, -0.15) is 0 Å². The summed E-state index contributed by atoms with van der Waals surface area (Å²) >= 11 is 0. The largest absolute Gasteiger partial charge is 0.467 e. The second-order valence-electron chi connectivity index (χ2n) is 4.47. The first-order chi connectivity index (χ1) is 7.98. The van der Waals surface area contributed by atoms with Gasteiger partial charge in [-0.15, -0.1) is 6.58 Å². The highest BCUT2D eigenvalue weighted by Gasteiger charge is 2.49. The van der Waals surface area contributed by atoms with Crippen molar-refractivity contribution in [3.05, 3.63) is 24.9 Å². The lowest BCUT2D eigenvalue weighted by molar-refractivity contribution is -0.159. The Kier molecular flexibility index (Phi) is 4.10. The van der Waals surface area contributed by atoms with E-state index in [4.69, 9.17) is 4.74 Å². The first kappa shape index (κ1) is 13.5. The Bertz CT molecular complexity index is 360. The number of allylic oxidation sites excluding steroid dienone is 1. The molecule has 1 heterocycles. The molecule has 0 fully saturated rings. The van der Waals surface area contributed by atoms with Gasteiger partial charge in [0.25, 0.3) is 0 Å². The number of ether oxygens (including phenoxy) is 1. The molecule has 0 radical (unpaired) electrons. The predicted molar refractivity (Wildman–Crippen MR) is 65.3 cm³/mol. The zero-order chi connectivity index (χ0) is 13.1. The lowest BCUT2D eigenvalue weighted by Crippen LogP contribution is -2.59. The highest BCUT2D eigenvalue weighted by atomic mass is 16.5. The molecule has 4 nitrogen and oxygen atoms in total. The van der Waals surface area contributed by atoms with Gasteiger partial charge in [0.05, 0.1) is 7.11 Å². The van der Waals surface area contributed by atoms with Gasteiger partial charge in [0.1, 0.15) is 5.54 Å². The van der Waals surface area contributed by atoms with Crippen LogP contribution in [0.5, 0.6) is 0 Å². The third-order valence-electron chi connectivity index (χ3n) is 3.22. The van der Waals surface area contributed by atoms with Gasteiger partial charge < -0.3 is 9.64 Å². The number of carbonyl (C=O) groups is 2. The van der Waals surface area contributed by atoms with Gasteiger partial charge in [-0.05, 0) is 12.0 Å². The lowest BCUT2D eigenvalue weighted by Gasteiger charge is -2.45. The maximum absolute atomic E-state index is 12.1. The summed E-state index contributed by atoms with van der Waals surface area (Å²) in [5, 5.41) is 0. The minimum Gasteiger partial charge on any atom is -0.467 e. The number of methoxy groups -OCH3 is 1. The van der Waals surface area contributed by atoms with E-state index in [0.717, 1.165) is 0 Å². The quantitative estimate of drug-likeness (QED) is 0.549. The molecule has 0 aromatic rings. The Hall–Kier alpha value is -1.58. The Balaban J connectivity index is 3.23. The van der Waals surface area contributed by atoms with Crippen LogP contribution in [-0.2, 0) is 14.3 Å². The molecule has 0 aliphatic carbocycles. The molecule has 0 bridgehead atoms. The molecule has 17 heavy (non-hydrogen) atoms. The van der Waals surface area contributed by atoms with Crippen LogP contribution in [0, 0.1) is 5.92 Å². The van der Waals surface area contributed by atoms with Crippen molar-refractivity contribution in [1.29, 1.82) is 0 Å². The molecule has 0 aromatic heterocycles. The van der Waals surface area contributed by atoms with Gasteiger partial charge in [0, 0.05) is 19.2 Å². The van der Waals surface area contributed by atoms with Crippen LogP contribution in [0.1, 0.15) is 20.3 Å². The van der Waals surface area contributed by atoms with Crippen molar-refractivity contribution < 1.29 is 14.3 Å². The van der Waals surface area contributed by atoms with Gasteiger partial charge in [0.15, 0.2) is 5.78 Å². The molecule has 0 saturated heterocycles. The van der Waals surface area contributed by atoms with Gasteiger partial charge >= 0.3 is 5.97 Å². The zero-order valence-electron chi connectivity index (χ0n) is 10.6. The molecule has 0 spiro atoms. The highest BCUT2D eigenvalue weighted by Crippen LogP contribution is 2.33. The first-order valence-corrected chi connectivity index (χ1v) is 5.66. The van der Waals surface area contributed by atoms with E-state index in [-0.39, 0.29) is 24.1 Å². The van der Waals surface area contributed by atoms with Crippen LogP contribution < -0.4 is 0 Å². The average molecular weight is 237 g/mol. The SMILES string of the molecule is C=CCN1C=CC(=O)CC1(C(=O)OC)C(C)C. The van der Waals surface area contributed by atoms with E-state index in [9.17, 15) is 9.59 Å². The third kappa shape index (κ3) is 2.25. The van der Waals surface area contributed by atoms with E-state index >= 15 is 0 Å². The van der Waals surface area contributed by atoms with Crippen molar-refractivity contribution >= 4 is 11.8 Å². The number of nitrogens with zero attached hydrogens (tertiary/aromatic N) is 1. The zero-order valence-corrected chi connectivity index (χ0v) is 10.6. The van der Waals surface area contributed by atoms with Crippen molar-refractivity contribution in [2.24, 2.45) is 5.92 Å². The van der Waals surface area contributed by atoms with Crippen molar-refractivity contribution in [3.8, 4) is 0 Å². The Morgan fingerprint density at radius 1 is 1.71 bits per heavy atom. The molecular weight excluding hydrogens is 218 g/mol. The summed E-state index contributed by atoms with van der Waals surface area (Å²) in [6.07, 6.45) is 5.01. The maximum Gasteiger partial charge on any atom is 0.332 e. The van der Waals surface area contributed by atoms with E-state index < -0.39 is 5.54 Å². The van der Waals surface area contributed by atoms with Crippen molar-refractivity contribution in [1.82, 2.24) is 4.90 Å². The van der Waals surface area contributed by atoms with Crippen molar-refractivity contribution in [3.63, 3.8) is 0 Å². The Morgan fingerprint density at radius 3 is 2.82 bits per heavy atom.